The second-order valence-corrected chi connectivity index (χ2v) is 11.5. The SMILES string of the molecule is CC(C)=CC(=O)N1CC(C)N(c2nc(NCc3ccc4c(c3)OCO4)c3ncn(Cc4cccc(C)c4)c3n2)CC1C. The Hall–Kier alpha value is -4.60. The molecule has 2 unspecified atom stereocenters. The van der Waals surface area contributed by atoms with Crippen LogP contribution in [0.1, 0.15) is 44.4 Å². The van der Waals surface area contributed by atoms with Gasteiger partial charge in [0, 0.05) is 37.8 Å². The van der Waals surface area contributed by atoms with E-state index < -0.39 is 0 Å². The number of ether oxygens (including phenoxy) is 2. The van der Waals surface area contributed by atoms with Crippen molar-refractivity contribution >= 4 is 28.8 Å². The molecule has 2 aliphatic rings. The summed E-state index contributed by atoms with van der Waals surface area (Å²) < 4.78 is 13.1. The lowest BCUT2D eigenvalue weighted by Gasteiger charge is -2.43. The summed E-state index contributed by atoms with van der Waals surface area (Å²) in [5, 5.41) is 3.51. The largest absolute Gasteiger partial charge is 0.454 e. The molecule has 42 heavy (non-hydrogen) atoms. The summed E-state index contributed by atoms with van der Waals surface area (Å²) in [4.78, 5) is 31.9. The number of nitrogens with one attached hydrogen (secondary N) is 1. The predicted octanol–water partition coefficient (Wildman–Crippen LogP) is 4.92. The number of amides is 1. The highest BCUT2D eigenvalue weighted by Gasteiger charge is 2.33. The van der Waals surface area contributed by atoms with Gasteiger partial charge in [0.2, 0.25) is 18.6 Å². The van der Waals surface area contributed by atoms with Gasteiger partial charge in [-0.3, -0.25) is 4.79 Å². The Labute approximate surface area is 246 Å². The second kappa shape index (κ2) is 11.3. The minimum atomic E-state index is 0.00541. The zero-order chi connectivity index (χ0) is 29.4. The molecule has 10 heteroatoms. The minimum Gasteiger partial charge on any atom is -0.454 e. The van der Waals surface area contributed by atoms with Gasteiger partial charge >= 0.3 is 0 Å². The molecule has 0 saturated carbocycles. The second-order valence-electron chi connectivity index (χ2n) is 11.5. The normalized spacial score (nSPS) is 17.9. The quantitative estimate of drug-likeness (QED) is 0.315. The standard InChI is InChI=1S/C32H37N7O3/c1-20(2)11-28(40)38-15-23(5)39(16-22(38)4)32-35-30(33-14-24-9-10-26-27(13-24)42-19-41-26)29-31(36-32)37(18-34-29)17-25-8-6-7-21(3)12-25/h6-13,18,22-23H,14-17,19H2,1-5H3,(H,33,35,36). The first kappa shape index (κ1) is 27.6. The summed E-state index contributed by atoms with van der Waals surface area (Å²) in [5.41, 5.74) is 5.90. The van der Waals surface area contributed by atoms with Crippen LogP contribution in [-0.4, -0.2) is 62.3 Å². The van der Waals surface area contributed by atoms with Crippen LogP contribution in [0.15, 0.2) is 60.4 Å². The fraction of sp³-hybridized carbons (Fsp3) is 0.375. The highest BCUT2D eigenvalue weighted by atomic mass is 16.7. The van der Waals surface area contributed by atoms with E-state index in [1.807, 2.05) is 43.3 Å². The van der Waals surface area contributed by atoms with Crippen LogP contribution < -0.4 is 19.7 Å². The number of piperazine rings is 1. The summed E-state index contributed by atoms with van der Waals surface area (Å²) in [6, 6.07) is 14.4. The van der Waals surface area contributed by atoms with E-state index >= 15 is 0 Å². The van der Waals surface area contributed by atoms with Crippen LogP contribution >= 0.6 is 0 Å². The molecule has 1 amide bonds. The number of carbonyl (C=O) groups is 1. The third kappa shape index (κ3) is 5.61. The van der Waals surface area contributed by atoms with Crippen molar-refractivity contribution in [2.24, 2.45) is 0 Å². The van der Waals surface area contributed by atoms with Gasteiger partial charge in [-0.05, 0) is 57.9 Å². The molecule has 4 heterocycles. The van der Waals surface area contributed by atoms with Gasteiger partial charge in [0.25, 0.3) is 0 Å². The van der Waals surface area contributed by atoms with Crippen LogP contribution in [-0.2, 0) is 17.9 Å². The summed E-state index contributed by atoms with van der Waals surface area (Å²) in [5.74, 6) is 2.83. The molecule has 1 N–H and O–H groups in total. The van der Waals surface area contributed by atoms with E-state index in [1.54, 1.807) is 6.08 Å². The molecular formula is C32H37N7O3. The van der Waals surface area contributed by atoms with Gasteiger partial charge in [-0.2, -0.15) is 9.97 Å². The minimum absolute atomic E-state index is 0.00541. The third-order valence-electron chi connectivity index (χ3n) is 7.72. The first-order valence-electron chi connectivity index (χ1n) is 14.4. The molecule has 6 rings (SSSR count). The van der Waals surface area contributed by atoms with Crippen LogP contribution in [0.4, 0.5) is 11.8 Å². The summed E-state index contributed by atoms with van der Waals surface area (Å²) in [6.07, 6.45) is 3.54. The number of fused-ring (bicyclic) bond motifs is 2. The Balaban J connectivity index is 1.33. The van der Waals surface area contributed by atoms with Crippen molar-refractivity contribution in [1.82, 2.24) is 24.4 Å². The fourth-order valence-corrected chi connectivity index (χ4v) is 5.59. The maximum absolute atomic E-state index is 12.9. The molecule has 1 fully saturated rings. The highest BCUT2D eigenvalue weighted by Crippen LogP contribution is 2.33. The van der Waals surface area contributed by atoms with E-state index in [0.717, 1.165) is 28.3 Å². The number of nitrogens with zero attached hydrogens (tertiary/aromatic N) is 6. The lowest BCUT2D eigenvalue weighted by Crippen LogP contribution is -2.58. The third-order valence-corrected chi connectivity index (χ3v) is 7.72. The predicted molar refractivity (Wildman–Crippen MR) is 163 cm³/mol. The molecule has 2 atom stereocenters. The molecule has 218 valence electrons. The van der Waals surface area contributed by atoms with Gasteiger partial charge in [-0.15, -0.1) is 0 Å². The Bertz CT molecular complexity index is 1660. The van der Waals surface area contributed by atoms with Crippen LogP contribution in [0.3, 0.4) is 0 Å². The first-order valence-corrected chi connectivity index (χ1v) is 14.4. The number of aromatic nitrogens is 4. The van der Waals surface area contributed by atoms with Crippen LogP contribution in [0, 0.1) is 6.92 Å². The van der Waals surface area contributed by atoms with Crippen molar-refractivity contribution < 1.29 is 14.3 Å². The summed E-state index contributed by atoms with van der Waals surface area (Å²) in [6.45, 7) is 12.8. The highest BCUT2D eigenvalue weighted by molar-refractivity contribution is 5.89. The lowest BCUT2D eigenvalue weighted by atomic mass is 10.1. The van der Waals surface area contributed by atoms with Gasteiger partial charge in [0.1, 0.15) is 0 Å². The van der Waals surface area contributed by atoms with Gasteiger partial charge in [0.15, 0.2) is 28.5 Å². The number of carbonyl (C=O) groups excluding carboxylic acids is 1. The smallest absolute Gasteiger partial charge is 0.246 e. The fourth-order valence-electron chi connectivity index (χ4n) is 5.59. The molecule has 10 nitrogen and oxygen atoms in total. The topological polar surface area (TPSA) is 97.6 Å². The molecule has 0 bridgehead atoms. The number of benzene rings is 2. The van der Waals surface area contributed by atoms with Crippen molar-refractivity contribution in [3.63, 3.8) is 0 Å². The van der Waals surface area contributed by atoms with E-state index in [-0.39, 0.29) is 24.8 Å². The lowest BCUT2D eigenvalue weighted by molar-refractivity contribution is -0.128. The molecule has 0 aliphatic carbocycles. The van der Waals surface area contributed by atoms with Crippen molar-refractivity contribution in [2.75, 3.05) is 30.1 Å². The maximum atomic E-state index is 12.9. The number of hydrogen-bond donors (Lipinski definition) is 1. The number of hydrogen-bond acceptors (Lipinski definition) is 8. The zero-order valence-electron chi connectivity index (χ0n) is 24.8. The molecule has 2 aliphatic heterocycles. The molecule has 2 aromatic carbocycles. The number of aryl methyl sites for hydroxylation is 1. The number of anilines is 2. The maximum Gasteiger partial charge on any atom is 0.246 e. The van der Waals surface area contributed by atoms with Crippen LogP contribution in [0.5, 0.6) is 11.5 Å². The van der Waals surface area contributed by atoms with Crippen molar-refractivity contribution in [3.05, 3.63) is 77.1 Å². The zero-order valence-corrected chi connectivity index (χ0v) is 24.8. The molecule has 0 radical (unpaired) electrons. The van der Waals surface area contributed by atoms with Gasteiger partial charge in [-0.1, -0.05) is 41.5 Å². The van der Waals surface area contributed by atoms with Gasteiger partial charge in [0.05, 0.1) is 12.9 Å². The monoisotopic (exact) mass is 567 g/mol. The average molecular weight is 568 g/mol. The molecule has 0 spiro atoms. The number of rotatable bonds is 7. The van der Waals surface area contributed by atoms with Crippen LogP contribution in [0.2, 0.25) is 0 Å². The van der Waals surface area contributed by atoms with Crippen LogP contribution in [0.25, 0.3) is 11.2 Å². The Morgan fingerprint density at radius 1 is 1.02 bits per heavy atom. The van der Waals surface area contributed by atoms with E-state index in [2.05, 4.69) is 59.8 Å². The molecular weight excluding hydrogens is 530 g/mol. The summed E-state index contributed by atoms with van der Waals surface area (Å²) >= 11 is 0. The molecule has 4 aromatic rings. The van der Waals surface area contributed by atoms with E-state index in [9.17, 15) is 4.79 Å². The van der Waals surface area contributed by atoms with E-state index in [0.29, 0.717) is 43.5 Å². The number of allylic oxidation sites excluding steroid dienone is 1. The Morgan fingerprint density at radius 3 is 2.67 bits per heavy atom. The van der Waals surface area contributed by atoms with E-state index in [4.69, 9.17) is 24.4 Å². The van der Waals surface area contributed by atoms with Crippen molar-refractivity contribution in [3.8, 4) is 11.5 Å². The van der Waals surface area contributed by atoms with E-state index in [1.165, 1.54) is 11.1 Å². The average Bonchev–Trinajstić information content (AvgIpc) is 3.59. The molecule has 1 saturated heterocycles. The Morgan fingerprint density at radius 2 is 1.86 bits per heavy atom. The summed E-state index contributed by atoms with van der Waals surface area (Å²) in [7, 11) is 0. The number of imidazole rings is 1. The van der Waals surface area contributed by atoms with Crippen molar-refractivity contribution in [2.45, 2.75) is 59.8 Å². The first-order chi connectivity index (χ1) is 20.2. The molecule has 2 aromatic heterocycles. The van der Waals surface area contributed by atoms with Gasteiger partial charge in [-0.25, -0.2) is 4.98 Å². The van der Waals surface area contributed by atoms with Crippen molar-refractivity contribution in [1.29, 1.82) is 0 Å². The van der Waals surface area contributed by atoms with Gasteiger partial charge < -0.3 is 29.2 Å². The Kier molecular flexibility index (Phi) is 7.45.